The van der Waals surface area contributed by atoms with Gasteiger partial charge >= 0.3 is 6.03 Å². The van der Waals surface area contributed by atoms with E-state index in [4.69, 9.17) is 0 Å². The van der Waals surface area contributed by atoms with Crippen molar-refractivity contribution >= 4 is 22.6 Å². The molecule has 2 N–H and O–H groups in total. The molecule has 0 saturated heterocycles. The zero-order chi connectivity index (χ0) is 22.5. The molecule has 0 spiro atoms. The lowest BCUT2D eigenvalue weighted by molar-refractivity contribution is 0.123. The van der Waals surface area contributed by atoms with Gasteiger partial charge in [-0.3, -0.25) is 4.79 Å². The van der Waals surface area contributed by atoms with Crippen LogP contribution in [0, 0.1) is 0 Å². The Morgan fingerprint density at radius 2 is 1.62 bits per heavy atom. The molecule has 0 fully saturated rings. The number of carbonyl (C=O) groups excluding carboxylic acids is 1. The molecule has 32 heavy (non-hydrogen) atoms. The fourth-order valence-electron chi connectivity index (χ4n) is 3.66. The van der Waals surface area contributed by atoms with Crippen molar-refractivity contribution in [3.05, 3.63) is 112 Å². The van der Waals surface area contributed by atoms with Gasteiger partial charge in [0.1, 0.15) is 0 Å². The van der Waals surface area contributed by atoms with Gasteiger partial charge < -0.3 is 19.9 Å². The molecule has 1 aromatic heterocycles. The van der Waals surface area contributed by atoms with Crippen molar-refractivity contribution in [2.75, 3.05) is 11.9 Å². The summed E-state index contributed by atoms with van der Waals surface area (Å²) in [6, 6.07) is 27.3. The molecule has 0 bridgehead atoms. The molecule has 4 aromatic rings. The van der Waals surface area contributed by atoms with Gasteiger partial charge in [0.15, 0.2) is 0 Å². The first-order valence-electron chi connectivity index (χ1n) is 10.4. The van der Waals surface area contributed by atoms with Gasteiger partial charge in [0.2, 0.25) is 0 Å². The molecule has 6 nitrogen and oxygen atoms in total. The molecule has 0 radical (unpaired) electrons. The van der Waals surface area contributed by atoms with E-state index in [1.807, 2.05) is 66.7 Å². The van der Waals surface area contributed by atoms with Crippen molar-refractivity contribution < 1.29 is 9.90 Å². The van der Waals surface area contributed by atoms with Crippen LogP contribution in [0.25, 0.3) is 10.9 Å². The van der Waals surface area contributed by atoms with Crippen molar-refractivity contribution in [2.24, 2.45) is 7.05 Å². The fourth-order valence-corrected chi connectivity index (χ4v) is 3.66. The number of hydrogen-bond acceptors (Lipinski definition) is 3. The number of aliphatic hydroxyl groups excluding tert-OH is 1. The quantitative estimate of drug-likeness (QED) is 0.482. The Bertz CT molecular complexity index is 1270. The summed E-state index contributed by atoms with van der Waals surface area (Å²) in [5.41, 5.74) is 2.91. The number of fused-ring (bicyclic) bond motifs is 1. The number of aromatic nitrogens is 1. The van der Waals surface area contributed by atoms with E-state index in [2.05, 4.69) is 5.32 Å². The summed E-state index contributed by atoms with van der Waals surface area (Å²) in [7, 11) is 1.70. The summed E-state index contributed by atoms with van der Waals surface area (Å²) in [5, 5.41) is 14.6. The molecule has 1 unspecified atom stereocenters. The molecular formula is C26H25N3O3. The maximum absolute atomic E-state index is 13.2. The number of nitrogens with zero attached hydrogens (tertiary/aromatic N) is 2. The van der Waals surface area contributed by atoms with Crippen LogP contribution in [-0.2, 0) is 13.6 Å². The smallest absolute Gasteiger partial charge is 0.322 e. The average Bonchev–Trinajstić information content (AvgIpc) is 2.82. The predicted octanol–water partition coefficient (Wildman–Crippen LogP) is 4.31. The molecule has 1 heterocycles. The highest BCUT2D eigenvalue weighted by Crippen LogP contribution is 2.20. The summed E-state index contributed by atoms with van der Waals surface area (Å²) in [4.78, 5) is 26.8. The highest BCUT2D eigenvalue weighted by molar-refractivity contribution is 5.92. The zero-order valence-corrected chi connectivity index (χ0v) is 17.8. The van der Waals surface area contributed by atoms with E-state index in [9.17, 15) is 14.7 Å². The molecule has 4 rings (SSSR count). The first-order valence-corrected chi connectivity index (χ1v) is 10.4. The molecule has 1 atom stereocenters. The first-order chi connectivity index (χ1) is 15.5. The first kappa shape index (κ1) is 21.3. The lowest BCUT2D eigenvalue weighted by Gasteiger charge is -2.26. The van der Waals surface area contributed by atoms with Gasteiger partial charge in [-0.2, -0.15) is 0 Å². The van der Waals surface area contributed by atoms with Crippen LogP contribution in [0.15, 0.2) is 95.8 Å². The van der Waals surface area contributed by atoms with Crippen LogP contribution in [0.3, 0.4) is 0 Å². The van der Waals surface area contributed by atoms with E-state index >= 15 is 0 Å². The van der Waals surface area contributed by atoms with Gasteiger partial charge in [-0.1, -0.05) is 66.7 Å². The molecule has 162 valence electrons. The predicted molar refractivity (Wildman–Crippen MR) is 126 cm³/mol. The molecule has 0 saturated carbocycles. The topological polar surface area (TPSA) is 74.6 Å². The van der Waals surface area contributed by atoms with E-state index in [-0.39, 0.29) is 18.1 Å². The lowest BCUT2D eigenvalue weighted by Crippen LogP contribution is -2.37. The zero-order valence-electron chi connectivity index (χ0n) is 17.8. The summed E-state index contributed by atoms with van der Waals surface area (Å²) < 4.78 is 1.55. The highest BCUT2D eigenvalue weighted by atomic mass is 16.3. The fraction of sp³-hybridized carbons (Fsp3) is 0.154. The van der Waals surface area contributed by atoms with Crippen LogP contribution in [0.1, 0.15) is 17.2 Å². The van der Waals surface area contributed by atoms with Crippen molar-refractivity contribution in [3.8, 4) is 0 Å². The van der Waals surface area contributed by atoms with Crippen LogP contribution in [0.2, 0.25) is 0 Å². The number of pyridine rings is 1. The Hall–Kier alpha value is -3.90. The number of anilines is 1. The van der Waals surface area contributed by atoms with E-state index in [1.165, 1.54) is 6.07 Å². The number of aliphatic hydroxyl groups is 1. The number of hydrogen-bond donors (Lipinski definition) is 2. The number of nitrogens with one attached hydrogen (secondary N) is 1. The van der Waals surface area contributed by atoms with Crippen LogP contribution in [0.4, 0.5) is 10.5 Å². The maximum Gasteiger partial charge on any atom is 0.322 e. The number of urea groups is 1. The Morgan fingerprint density at radius 3 is 2.34 bits per heavy atom. The van der Waals surface area contributed by atoms with Crippen molar-refractivity contribution in [3.63, 3.8) is 0 Å². The summed E-state index contributed by atoms with van der Waals surface area (Å²) in [6.45, 7) is 0.486. The Morgan fingerprint density at radius 1 is 0.969 bits per heavy atom. The SMILES string of the molecule is Cn1c(=O)ccc2ccc(NC(=O)N(Cc3ccccc3)CC(O)c3ccccc3)cc21. The standard InChI is InChI=1S/C26H25N3O3/c1-28-23-16-22(14-12-20(23)13-15-25(28)31)27-26(32)29(17-19-8-4-2-5-9-19)18-24(30)21-10-6-3-7-11-21/h2-16,24,30H,17-18H2,1H3,(H,27,32). The third-order valence-corrected chi connectivity index (χ3v) is 5.46. The second-order valence-corrected chi connectivity index (χ2v) is 7.73. The Balaban J connectivity index is 1.58. The number of amides is 2. The normalized spacial score (nSPS) is 11.8. The third kappa shape index (κ3) is 4.87. The van der Waals surface area contributed by atoms with Gasteiger partial charge in [-0.15, -0.1) is 0 Å². The van der Waals surface area contributed by atoms with Crippen LogP contribution in [-0.4, -0.2) is 27.1 Å². The average molecular weight is 428 g/mol. The summed E-state index contributed by atoms with van der Waals surface area (Å²) >= 11 is 0. The number of aryl methyl sites for hydroxylation is 1. The minimum atomic E-state index is -0.817. The van der Waals surface area contributed by atoms with Gasteiger partial charge in [0.25, 0.3) is 5.56 Å². The molecule has 0 aliphatic rings. The van der Waals surface area contributed by atoms with Gasteiger partial charge in [0, 0.05) is 25.3 Å². The molecular weight excluding hydrogens is 402 g/mol. The minimum Gasteiger partial charge on any atom is -0.387 e. The highest BCUT2D eigenvalue weighted by Gasteiger charge is 2.19. The van der Waals surface area contributed by atoms with E-state index in [0.29, 0.717) is 12.2 Å². The van der Waals surface area contributed by atoms with Crippen LogP contribution in [0.5, 0.6) is 0 Å². The molecule has 2 amide bonds. The van der Waals surface area contributed by atoms with Crippen molar-refractivity contribution in [1.29, 1.82) is 0 Å². The molecule has 6 heteroatoms. The summed E-state index contributed by atoms with van der Waals surface area (Å²) in [5.74, 6) is 0. The van der Waals surface area contributed by atoms with E-state index in [0.717, 1.165) is 22.0 Å². The Labute approximate surface area is 186 Å². The largest absolute Gasteiger partial charge is 0.387 e. The van der Waals surface area contributed by atoms with Gasteiger partial charge in [0.05, 0.1) is 18.2 Å². The third-order valence-electron chi connectivity index (χ3n) is 5.46. The monoisotopic (exact) mass is 427 g/mol. The van der Waals surface area contributed by atoms with E-state index in [1.54, 1.807) is 34.7 Å². The van der Waals surface area contributed by atoms with Crippen molar-refractivity contribution in [2.45, 2.75) is 12.6 Å². The number of benzene rings is 3. The molecule has 0 aliphatic heterocycles. The maximum atomic E-state index is 13.2. The van der Waals surface area contributed by atoms with Crippen molar-refractivity contribution in [1.82, 2.24) is 9.47 Å². The minimum absolute atomic E-state index is 0.113. The second kappa shape index (κ2) is 9.49. The number of carbonyl (C=O) groups is 1. The summed E-state index contributed by atoms with van der Waals surface area (Å²) in [6.07, 6.45) is -0.817. The molecule has 0 aliphatic carbocycles. The second-order valence-electron chi connectivity index (χ2n) is 7.73. The number of rotatable bonds is 6. The Kier molecular flexibility index (Phi) is 6.33. The van der Waals surface area contributed by atoms with Gasteiger partial charge in [-0.25, -0.2) is 4.79 Å². The van der Waals surface area contributed by atoms with Crippen LogP contribution < -0.4 is 10.9 Å². The van der Waals surface area contributed by atoms with Crippen LogP contribution >= 0.6 is 0 Å². The van der Waals surface area contributed by atoms with Gasteiger partial charge in [-0.05, 0) is 34.7 Å². The molecule has 3 aromatic carbocycles. The van der Waals surface area contributed by atoms with E-state index < -0.39 is 6.10 Å². The lowest BCUT2D eigenvalue weighted by atomic mass is 10.1.